The van der Waals surface area contributed by atoms with Crippen LogP contribution in [0.25, 0.3) is 0 Å². The quantitative estimate of drug-likeness (QED) is 0.337. The molecule has 104 valence electrons. The van der Waals surface area contributed by atoms with Crippen LogP contribution in [0.4, 0.5) is 5.69 Å². The minimum absolute atomic E-state index is 0.0553. The van der Waals surface area contributed by atoms with Crippen LogP contribution < -0.4 is 11.1 Å². The molecule has 5 heteroatoms. The van der Waals surface area contributed by atoms with Gasteiger partial charge in [-0.1, -0.05) is 37.2 Å². The lowest BCUT2D eigenvalue weighted by molar-refractivity contribution is -0.119. The number of carbonyl (C=O) groups is 1. The highest BCUT2D eigenvalue weighted by Crippen LogP contribution is 2.22. The number of hydrogen-bond acceptors (Lipinski definition) is 3. The third-order valence-corrected chi connectivity index (χ3v) is 3.11. The number of nitrogens with zero attached hydrogens (tertiary/aromatic N) is 1. The van der Waals surface area contributed by atoms with E-state index in [1.165, 1.54) is 0 Å². The summed E-state index contributed by atoms with van der Waals surface area (Å²) in [4.78, 5) is 12.3. The lowest BCUT2D eigenvalue weighted by atomic mass is 9.93. The van der Waals surface area contributed by atoms with E-state index < -0.39 is 5.92 Å². The molecule has 0 radical (unpaired) electrons. The van der Waals surface area contributed by atoms with Crippen LogP contribution in [0.5, 0.6) is 0 Å². The lowest BCUT2D eigenvalue weighted by Crippen LogP contribution is -2.38. The van der Waals surface area contributed by atoms with Gasteiger partial charge in [-0.05, 0) is 30.9 Å². The number of nitrogens with two attached hydrogens (primary N) is 1. The Hall–Kier alpha value is -2.04. The largest absolute Gasteiger partial charge is 0.409 e. The van der Waals surface area contributed by atoms with E-state index in [4.69, 9.17) is 10.9 Å². The van der Waals surface area contributed by atoms with Crippen LogP contribution >= 0.6 is 0 Å². The third kappa shape index (κ3) is 3.47. The highest BCUT2D eigenvalue weighted by Gasteiger charge is 2.27. The van der Waals surface area contributed by atoms with Crippen molar-refractivity contribution in [3.63, 3.8) is 0 Å². The molecule has 1 amide bonds. The summed E-state index contributed by atoms with van der Waals surface area (Å²) in [5, 5.41) is 14.6. The molecule has 0 aliphatic carbocycles. The summed E-state index contributed by atoms with van der Waals surface area (Å²) in [5.74, 6) is -1.04. The Labute approximate surface area is 113 Å². The Morgan fingerprint density at radius 1 is 1.32 bits per heavy atom. The van der Waals surface area contributed by atoms with Crippen LogP contribution in [0.1, 0.15) is 25.0 Å². The summed E-state index contributed by atoms with van der Waals surface area (Å²) >= 11 is 0. The van der Waals surface area contributed by atoms with Gasteiger partial charge in [-0.3, -0.25) is 4.79 Å². The Morgan fingerprint density at radius 2 is 1.84 bits per heavy atom. The van der Waals surface area contributed by atoms with Gasteiger partial charge in [-0.15, -0.1) is 0 Å². The van der Waals surface area contributed by atoms with E-state index in [0.29, 0.717) is 0 Å². The van der Waals surface area contributed by atoms with Crippen LogP contribution in [0.15, 0.2) is 23.4 Å². The van der Waals surface area contributed by atoms with Gasteiger partial charge in [0.15, 0.2) is 5.84 Å². The first-order chi connectivity index (χ1) is 8.88. The number of amidine groups is 1. The van der Waals surface area contributed by atoms with E-state index in [0.717, 1.165) is 16.8 Å². The summed E-state index contributed by atoms with van der Waals surface area (Å²) in [6.45, 7) is 7.56. The minimum Gasteiger partial charge on any atom is -0.409 e. The molecule has 1 atom stereocenters. The van der Waals surface area contributed by atoms with E-state index in [-0.39, 0.29) is 17.7 Å². The smallest absolute Gasteiger partial charge is 0.235 e. The maximum Gasteiger partial charge on any atom is 0.235 e. The lowest BCUT2D eigenvalue weighted by Gasteiger charge is -2.20. The van der Waals surface area contributed by atoms with Crippen molar-refractivity contribution in [2.45, 2.75) is 27.7 Å². The van der Waals surface area contributed by atoms with Crippen molar-refractivity contribution in [1.82, 2.24) is 0 Å². The molecule has 0 saturated heterocycles. The molecule has 1 rings (SSSR count). The fourth-order valence-electron chi connectivity index (χ4n) is 2.05. The summed E-state index contributed by atoms with van der Waals surface area (Å²) in [7, 11) is 0. The van der Waals surface area contributed by atoms with Gasteiger partial charge in [0.1, 0.15) is 5.92 Å². The van der Waals surface area contributed by atoms with Crippen LogP contribution in [-0.4, -0.2) is 17.0 Å². The summed E-state index contributed by atoms with van der Waals surface area (Å²) in [6.07, 6.45) is 0. The molecule has 1 aromatic rings. The van der Waals surface area contributed by atoms with Gasteiger partial charge in [0.25, 0.3) is 0 Å². The highest BCUT2D eigenvalue weighted by molar-refractivity contribution is 6.08. The second-order valence-corrected chi connectivity index (χ2v) is 5.00. The number of anilines is 1. The van der Waals surface area contributed by atoms with Crippen molar-refractivity contribution in [3.05, 3.63) is 29.3 Å². The van der Waals surface area contributed by atoms with Crippen LogP contribution in [0, 0.1) is 25.7 Å². The minimum atomic E-state index is -0.649. The van der Waals surface area contributed by atoms with Gasteiger partial charge < -0.3 is 16.3 Å². The molecule has 5 nitrogen and oxygen atoms in total. The molecule has 1 unspecified atom stereocenters. The topological polar surface area (TPSA) is 87.7 Å². The predicted molar refractivity (Wildman–Crippen MR) is 76.3 cm³/mol. The van der Waals surface area contributed by atoms with Gasteiger partial charge in [-0.2, -0.15) is 0 Å². The molecule has 1 aromatic carbocycles. The normalized spacial score (nSPS) is 13.4. The molecule has 4 N–H and O–H groups in total. The average Bonchev–Trinajstić information content (AvgIpc) is 2.33. The molecule has 0 fully saturated rings. The second-order valence-electron chi connectivity index (χ2n) is 5.00. The first kappa shape index (κ1) is 15.0. The SMILES string of the molecule is Cc1cccc(C)c1NC(=O)C(C(N)=NO)C(C)C. The third-order valence-electron chi connectivity index (χ3n) is 3.11. The van der Waals surface area contributed by atoms with Crippen molar-refractivity contribution in [3.8, 4) is 0 Å². The molecule has 0 aliphatic rings. The van der Waals surface area contributed by atoms with Crippen molar-refractivity contribution in [1.29, 1.82) is 0 Å². The zero-order valence-electron chi connectivity index (χ0n) is 11.8. The van der Waals surface area contributed by atoms with E-state index in [2.05, 4.69) is 10.5 Å². The van der Waals surface area contributed by atoms with Gasteiger partial charge >= 0.3 is 0 Å². The number of oxime groups is 1. The van der Waals surface area contributed by atoms with Gasteiger partial charge in [0, 0.05) is 5.69 Å². The summed E-state index contributed by atoms with van der Waals surface area (Å²) < 4.78 is 0. The Balaban J connectivity index is 3.01. The molecular weight excluding hydrogens is 242 g/mol. The number of para-hydroxylation sites is 1. The summed E-state index contributed by atoms with van der Waals surface area (Å²) in [5.41, 5.74) is 8.33. The van der Waals surface area contributed by atoms with E-state index >= 15 is 0 Å². The Morgan fingerprint density at radius 3 is 2.26 bits per heavy atom. The second kappa shape index (κ2) is 6.22. The highest BCUT2D eigenvalue weighted by atomic mass is 16.4. The molecule has 0 spiro atoms. The van der Waals surface area contributed by atoms with Gasteiger partial charge in [0.05, 0.1) is 0 Å². The zero-order valence-corrected chi connectivity index (χ0v) is 11.8. The number of benzene rings is 1. The molecule has 19 heavy (non-hydrogen) atoms. The maximum absolute atomic E-state index is 12.3. The Bertz CT molecular complexity index is 475. The van der Waals surface area contributed by atoms with Crippen molar-refractivity contribution in [2.75, 3.05) is 5.32 Å². The van der Waals surface area contributed by atoms with Crippen LogP contribution in [0.3, 0.4) is 0 Å². The maximum atomic E-state index is 12.3. The monoisotopic (exact) mass is 263 g/mol. The molecule has 0 saturated carbocycles. The number of carbonyl (C=O) groups excluding carboxylic acids is 1. The number of hydrogen-bond donors (Lipinski definition) is 3. The van der Waals surface area contributed by atoms with E-state index in [1.54, 1.807) is 0 Å². The predicted octanol–water partition coefficient (Wildman–Crippen LogP) is 2.26. The first-order valence-electron chi connectivity index (χ1n) is 6.23. The van der Waals surface area contributed by atoms with Gasteiger partial charge in [0.2, 0.25) is 5.91 Å². The van der Waals surface area contributed by atoms with Crippen LogP contribution in [-0.2, 0) is 4.79 Å². The molecule has 0 aliphatic heterocycles. The fourth-order valence-corrected chi connectivity index (χ4v) is 2.05. The first-order valence-corrected chi connectivity index (χ1v) is 6.23. The van der Waals surface area contributed by atoms with Crippen molar-refractivity contribution in [2.24, 2.45) is 22.7 Å². The number of rotatable bonds is 4. The average molecular weight is 263 g/mol. The molecule has 0 aromatic heterocycles. The zero-order chi connectivity index (χ0) is 14.6. The molecule has 0 bridgehead atoms. The summed E-state index contributed by atoms with van der Waals surface area (Å²) in [6, 6.07) is 5.79. The van der Waals surface area contributed by atoms with E-state index in [9.17, 15) is 4.79 Å². The molecule has 0 heterocycles. The van der Waals surface area contributed by atoms with Crippen molar-refractivity contribution >= 4 is 17.4 Å². The molecular formula is C14H21N3O2. The fraction of sp³-hybridized carbons (Fsp3) is 0.429. The van der Waals surface area contributed by atoms with E-state index in [1.807, 2.05) is 45.9 Å². The Kier molecular flexibility index (Phi) is 4.92. The number of nitrogens with one attached hydrogen (secondary N) is 1. The number of aryl methyl sites for hydroxylation is 2. The number of amides is 1. The van der Waals surface area contributed by atoms with Gasteiger partial charge in [-0.25, -0.2) is 0 Å². The van der Waals surface area contributed by atoms with Crippen molar-refractivity contribution < 1.29 is 10.0 Å². The standard InChI is InChI=1S/C14H21N3O2/c1-8(2)11(13(15)17-19)14(18)16-12-9(3)6-5-7-10(12)4/h5-8,11,19H,1-4H3,(H2,15,17)(H,16,18). The van der Waals surface area contributed by atoms with Crippen LogP contribution in [0.2, 0.25) is 0 Å².